The second-order valence-corrected chi connectivity index (χ2v) is 15.7. The van der Waals surface area contributed by atoms with E-state index in [0.29, 0.717) is 3.89 Å². The van der Waals surface area contributed by atoms with Crippen molar-refractivity contribution in [3.8, 4) is 0 Å². The Balaban J connectivity index is 0. The molecule has 0 N–H and O–H groups in total. The highest BCUT2D eigenvalue weighted by atomic mass is 35.5. The fraction of sp³-hybridized carbons (Fsp3) is 1.00. The second-order valence-electron chi connectivity index (χ2n) is 13.5. The van der Waals surface area contributed by atoms with Crippen LogP contribution in [0, 0.1) is 0 Å². The molecule has 42 heavy (non-hydrogen) atoms. The van der Waals surface area contributed by atoms with E-state index < -0.39 is 10.0 Å². The Hall–Kier alpha value is 0.200. The van der Waals surface area contributed by atoms with Crippen molar-refractivity contribution >= 4 is 10.0 Å². The van der Waals surface area contributed by atoms with Gasteiger partial charge in [0.15, 0.2) is 0 Å². The van der Waals surface area contributed by atoms with E-state index in [0.717, 1.165) is 38.9 Å². The monoisotopic (exact) mass is 636 g/mol. The van der Waals surface area contributed by atoms with Gasteiger partial charge in [0.05, 0.1) is 25.9 Å². The van der Waals surface area contributed by atoms with Crippen molar-refractivity contribution in [3.63, 3.8) is 0 Å². The number of hydrogen-bond donors (Lipinski definition) is 0. The van der Waals surface area contributed by atoms with Gasteiger partial charge in [-0.05, 0) is 38.5 Å². The lowest BCUT2D eigenvalue weighted by Gasteiger charge is -2.36. The van der Waals surface area contributed by atoms with Crippen molar-refractivity contribution in [3.05, 3.63) is 0 Å². The third-order valence-corrected chi connectivity index (χ3v) is 11.4. The Bertz CT molecular complexity index is 565. The van der Waals surface area contributed by atoms with Crippen LogP contribution in [0.3, 0.4) is 0 Å². The molecule has 0 spiro atoms. The summed E-state index contributed by atoms with van der Waals surface area (Å²) in [6.07, 6.45) is 40.7. The second kappa shape index (κ2) is 32.6. The number of quaternary nitrogens is 1. The van der Waals surface area contributed by atoms with E-state index in [4.69, 9.17) is 0 Å². The first-order valence-electron chi connectivity index (χ1n) is 19.0. The summed E-state index contributed by atoms with van der Waals surface area (Å²) in [6.45, 7) is 9.35. The molecule has 0 atom stereocenters. The predicted molar refractivity (Wildman–Crippen MR) is 185 cm³/mol. The molecule has 0 rings (SSSR count). The van der Waals surface area contributed by atoms with Crippen LogP contribution in [-0.4, -0.2) is 38.2 Å². The summed E-state index contributed by atoms with van der Waals surface area (Å²) in [5.74, 6) is 0. The number of sulfonamides is 1. The SMILES string of the molecule is CCCCCCCCCCCC[N+](CCCCCCCCCCCC)(CCCCCCCCCCCC)S(C)(=O)=O.[Cl-]. The summed E-state index contributed by atoms with van der Waals surface area (Å²) in [5, 5.41) is 0. The lowest BCUT2D eigenvalue weighted by atomic mass is 10.1. The maximum Gasteiger partial charge on any atom is 0.294 e. The average molecular weight is 637 g/mol. The lowest BCUT2D eigenvalue weighted by molar-refractivity contribution is -0.807. The molecule has 0 aliphatic heterocycles. The molecular weight excluding hydrogens is 558 g/mol. The molecule has 5 heteroatoms. The maximum absolute atomic E-state index is 13.3. The van der Waals surface area contributed by atoms with Crippen LogP contribution in [0.1, 0.15) is 213 Å². The summed E-state index contributed by atoms with van der Waals surface area (Å²) in [4.78, 5) is 0. The largest absolute Gasteiger partial charge is 1.00 e. The van der Waals surface area contributed by atoms with Crippen LogP contribution >= 0.6 is 0 Å². The molecule has 0 heterocycles. The van der Waals surface area contributed by atoms with Gasteiger partial charge in [0.1, 0.15) is 0 Å². The Morgan fingerprint density at radius 3 is 0.667 bits per heavy atom. The summed E-state index contributed by atoms with van der Waals surface area (Å²) in [5.41, 5.74) is 0. The first kappa shape index (κ1) is 44.3. The van der Waals surface area contributed by atoms with Gasteiger partial charge >= 0.3 is 0 Å². The van der Waals surface area contributed by atoms with Crippen LogP contribution in [0.25, 0.3) is 0 Å². The molecule has 0 amide bonds. The zero-order chi connectivity index (χ0) is 30.3. The molecule has 0 aromatic carbocycles. The molecular formula is C37H78ClNO2S. The molecule has 0 aromatic rings. The molecule has 0 saturated carbocycles. The molecule has 0 aliphatic rings. The minimum absolute atomic E-state index is 0. The molecule has 0 bridgehead atoms. The number of nitrogens with zero attached hydrogens (tertiary/aromatic N) is 1. The number of halogens is 1. The van der Waals surface area contributed by atoms with Crippen molar-refractivity contribution in [1.29, 1.82) is 0 Å². The molecule has 0 aliphatic carbocycles. The van der Waals surface area contributed by atoms with E-state index in [1.807, 2.05) is 0 Å². The standard InChI is InChI=1S/C37H78NO2S.ClH/c1-5-8-11-14-17-20-23-26-29-32-35-38(41(4,39)40,36-33-30-27-24-21-18-15-12-9-6-2)37-34-31-28-25-22-19-16-13-10-7-3;/h5-37H2,1-4H3;1H/q+1;/p-1. The van der Waals surface area contributed by atoms with Gasteiger partial charge in [-0.2, -0.15) is 8.42 Å². The van der Waals surface area contributed by atoms with Crippen molar-refractivity contribution < 1.29 is 24.7 Å². The van der Waals surface area contributed by atoms with Crippen LogP contribution in [0.4, 0.5) is 0 Å². The third-order valence-electron chi connectivity index (χ3n) is 9.46. The van der Waals surface area contributed by atoms with Crippen molar-refractivity contribution in [1.82, 2.24) is 0 Å². The van der Waals surface area contributed by atoms with E-state index in [2.05, 4.69) is 20.8 Å². The average Bonchev–Trinajstić information content (AvgIpc) is 2.95. The zero-order valence-electron chi connectivity index (χ0n) is 29.4. The highest BCUT2D eigenvalue weighted by Crippen LogP contribution is 2.23. The van der Waals surface area contributed by atoms with Gasteiger partial charge in [0, 0.05) is 0 Å². The van der Waals surface area contributed by atoms with E-state index >= 15 is 0 Å². The van der Waals surface area contributed by atoms with Gasteiger partial charge in [-0.15, -0.1) is 0 Å². The highest BCUT2D eigenvalue weighted by molar-refractivity contribution is 7.85. The first-order valence-corrected chi connectivity index (χ1v) is 20.8. The van der Waals surface area contributed by atoms with Crippen molar-refractivity contribution in [2.75, 3.05) is 25.9 Å². The summed E-state index contributed by atoms with van der Waals surface area (Å²) in [7, 11) is -3.12. The Morgan fingerprint density at radius 1 is 0.333 bits per heavy atom. The summed E-state index contributed by atoms with van der Waals surface area (Å²) in [6, 6.07) is 0. The topological polar surface area (TPSA) is 34.1 Å². The van der Waals surface area contributed by atoms with Gasteiger partial charge in [0.2, 0.25) is 0 Å². The van der Waals surface area contributed by atoms with Gasteiger partial charge in [0.25, 0.3) is 10.0 Å². The predicted octanol–water partition coefficient (Wildman–Crippen LogP) is 9.53. The van der Waals surface area contributed by atoms with E-state index in [-0.39, 0.29) is 12.4 Å². The summed E-state index contributed by atoms with van der Waals surface area (Å²) >= 11 is 0. The number of hydrogen-bond acceptors (Lipinski definition) is 2. The molecule has 0 radical (unpaired) electrons. The molecule has 0 aromatic heterocycles. The molecule has 0 saturated heterocycles. The van der Waals surface area contributed by atoms with Gasteiger partial charge < -0.3 is 12.4 Å². The number of unbranched alkanes of at least 4 members (excludes halogenated alkanes) is 27. The summed E-state index contributed by atoms with van der Waals surface area (Å²) < 4.78 is 27.0. The van der Waals surface area contributed by atoms with E-state index in [1.165, 1.54) is 180 Å². The third kappa shape index (κ3) is 26.6. The normalized spacial score (nSPS) is 12.1. The molecule has 256 valence electrons. The van der Waals surface area contributed by atoms with Crippen LogP contribution in [0.5, 0.6) is 0 Å². The number of rotatable bonds is 34. The zero-order valence-corrected chi connectivity index (χ0v) is 31.0. The minimum Gasteiger partial charge on any atom is -1.00 e. The van der Waals surface area contributed by atoms with Gasteiger partial charge in [-0.1, -0.05) is 175 Å². The van der Waals surface area contributed by atoms with E-state index in [1.54, 1.807) is 0 Å². The smallest absolute Gasteiger partial charge is 0.294 e. The van der Waals surface area contributed by atoms with Gasteiger partial charge in [-0.25, -0.2) is 3.89 Å². The molecule has 3 nitrogen and oxygen atoms in total. The van der Waals surface area contributed by atoms with Crippen LogP contribution in [0.15, 0.2) is 0 Å². The fourth-order valence-corrected chi connectivity index (χ4v) is 7.88. The quantitative estimate of drug-likeness (QED) is 0.0521. The minimum atomic E-state index is -3.12. The Kier molecular flexibility index (Phi) is 34.4. The van der Waals surface area contributed by atoms with Crippen LogP contribution in [0.2, 0.25) is 0 Å². The lowest BCUT2D eigenvalue weighted by Crippen LogP contribution is -3.00. The van der Waals surface area contributed by atoms with Crippen LogP contribution in [-0.2, 0) is 10.0 Å². The highest BCUT2D eigenvalue weighted by Gasteiger charge is 2.36. The fourth-order valence-electron chi connectivity index (χ4n) is 6.50. The molecule has 0 unspecified atom stereocenters. The Morgan fingerprint density at radius 2 is 0.500 bits per heavy atom. The molecule has 0 fully saturated rings. The van der Waals surface area contributed by atoms with Crippen molar-refractivity contribution in [2.45, 2.75) is 213 Å². The Labute approximate surface area is 273 Å². The van der Waals surface area contributed by atoms with Gasteiger partial charge in [-0.3, -0.25) is 0 Å². The van der Waals surface area contributed by atoms with Crippen molar-refractivity contribution in [2.24, 2.45) is 0 Å². The van der Waals surface area contributed by atoms with E-state index in [9.17, 15) is 8.42 Å². The maximum atomic E-state index is 13.3. The first-order chi connectivity index (χ1) is 19.9. The van der Waals surface area contributed by atoms with Crippen LogP contribution < -0.4 is 12.4 Å².